The van der Waals surface area contributed by atoms with Crippen LogP contribution in [0.4, 0.5) is 21.7 Å². The Morgan fingerprint density at radius 2 is 2.15 bits per heavy atom. The van der Waals surface area contributed by atoms with E-state index in [0.29, 0.717) is 23.6 Å². The molecule has 2 aromatic heterocycles. The van der Waals surface area contributed by atoms with E-state index >= 15 is 0 Å². The molecule has 0 radical (unpaired) electrons. The Morgan fingerprint density at radius 1 is 1.37 bits per heavy atom. The lowest BCUT2D eigenvalue weighted by Gasteiger charge is -2.22. The fourth-order valence-electron chi connectivity index (χ4n) is 3.23. The molecule has 4 rings (SSSR count). The SMILES string of the molecule is CCc1cc(F)ccc1N(C)c1cc2c(ncn2C)c(NC(=O)C2CC2)n1. The van der Waals surface area contributed by atoms with Gasteiger partial charge in [0.1, 0.15) is 17.2 Å². The molecule has 1 aromatic carbocycles. The number of nitrogens with zero attached hydrogens (tertiary/aromatic N) is 4. The number of halogens is 1. The molecule has 0 saturated heterocycles. The number of carbonyl (C=O) groups is 1. The van der Waals surface area contributed by atoms with E-state index in [0.717, 1.165) is 29.6 Å². The van der Waals surface area contributed by atoms with Gasteiger partial charge in [-0.1, -0.05) is 6.92 Å². The third-order valence-corrected chi connectivity index (χ3v) is 5.02. The molecule has 0 atom stereocenters. The monoisotopic (exact) mass is 367 g/mol. The van der Waals surface area contributed by atoms with E-state index in [2.05, 4.69) is 15.3 Å². The average molecular weight is 367 g/mol. The van der Waals surface area contributed by atoms with Gasteiger partial charge in [-0.15, -0.1) is 0 Å². The van der Waals surface area contributed by atoms with Crippen molar-refractivity contribution in [1.29, 1.82) is 0 Å². The third-order valence-electron chi connectivity index (χ3n) is 5.02. The van der Waals surface area contributed by atoms with Crippen LogP contribution >= 0.6 is 0 Å². The number of aryl methyl sites for hydroxylation is 2. The first-order valence-corrected chi connectivity index (χ1v) is 9.13. The Balaban J connectivity index is 1.79. The zero-order valence-electron chi connectivity index (χ0n) is 15.7. The Labute approximate surface area is 157 Å². The number of nitrogens with one attached hydrogen (secondary N) is 1. The fourth-order valence-corrected chi connectivity index (χ4v) is 3.23. The Hall–Kier alpha value is -2.96. The van der Waals surface area contributed by atoms with Gasteiger partial charge in [0.05, 0.1) is 11.8 Å². The van der Waals surface area contributed by atoms with E-state index in [1.165, 1.54) is 6.07 Å². The van der Waals surface area contributed by atoms with Gasteiger partial charge in [0.25, 0.3) is 0 Å². The summed E-state index contributed by atoms with van der Waals surface area (Å²) in [5.41, 5.74) is 3.32. The van der Waals surface area contributed by atoms with Gasteiger partial charge in [-0.3, -0.25) is 4.79 Å². The van der Waals surface area contributed by atoms with Crippen molar-refractivity contribution in [1.82, 2.24) is 14.5 Å². The number of aromatic nitrogens is 3. The minimum atomic E-state index is -0.253. The van der Waals surface area contributed by atoms with Crippen molar-refractivity contribution in [3.63, 3.8) is 0 Å². The summed E-state index contributed by atoms with van der Waals surface area (Å²) in [4.78, 5) is 23.2. The number of rotatable bonds is 5. The van der Waals surface area contributed by atoms with Crippen molar-refractivity contribution in [2.24, 2.45) is 13.0 Å². The molecular weight excluding hydrogens is 345 g/mol. The zero-order valence-corrected chi connectivity index (χ0v) is 15.7. The van der Waals surface area contributed by atoms with Crippen molar-refractivity contribution in [3.05, 3.63) is 42.0 Å². The summed E-state index contributed by atoms with van der Waals surface area (Å²) < 4.78 is 15.5. The Morgan fingerprint density at radius 3 is 2.85 bits per heavy atom. The van der Waals surface area contributed by atoms with Crippen LogP contribution in [0.5, 0.6) is 0 Å². The van der Waals surface area contributed by atoms with Crippen LogP contribution in [0.2, 0.25) is 0 Å². The second-order valence-electron chi connectivity index (χ2n) is 7.00. The number of hydrogen-bond acceptors (Lipinski definition) is 4. The molecule has 0 bridgehead atoms. The lowest BCUT2D eigenvalue weighted by atomic mass is 10.1. The fraction of sp³-hybridized carbons (Fsp3) is 0.350. The second kappa shape index (κ2) is 6.64. The zero-order chi connectivity index (χ0) is 19.1. The quantitative estimate of drug-likeness (QED) is 0.745. The first-order chi connectivity index (χ1) is 13.0. The average Bonchev–Trinajstić information content (AvgIpc) is 3.45. The third kappa shape index (κ3) is 3.25. The predicted octanol–water partition coefficient (Wildman–Crippen LogP) is 3.79. The minimum Gasteiger partial charge on any atom is -0.334 e. The van der Waals surface area contributed by atoms with E-state index in [9.17, 15) is 9.18 Å². The molecular formula is C20H22FN5O. The standard InChI is InChI=1S/C20H22FN5O/c1-4-12-9-14(21)7-8-15(12)26(3)17-10-16-18(22-11-25(16)2)19(23-17)24-20(27)13-5-6-13/h7-11,13H,4-6H2,1-3H3,(H,23,24,27). The van der Waals surface area contributed by atoms with Crippen molar-refractivity contribution in [2.75, 3.05) is 17.3 Å². The van der Waals surface area contributed by atoms with Gasteiger partial charge in [-0.25, -0.2) is 14.4 Å². The van der Waals surface area contributed by atoms with E-state index in [1.54, 1.807) is 18.5 Å². The molecule has 1 N–H and O–H groups in total. The number of hydrogen-bond donors (Lipinski definition) is 1. The van der Waals surface area contributed by atoms with Gasteiger partial charge in [0.15, 0.2) is 5.82 Å². The van der Waals surface area contributed by atoms with Crippen molar-refractivity contribution >= 4 is 34.3 Å². The van der Waals surface area contributed by atoms with Gasteiger partial charge in [-0.2, -0.15) is 0 Å². The molecule has 1 aliphatic carbocycles. The number of amides is 1. The van der Waals surface area contributed by atoms with Gasteiger partial charge in [0, 0.05) is 31.8 Å². The number of anilines is 3. The maximum absolute atomic E-state index is 13.6. The normalized spacial score (nSPS) is 13.8. The molecule has 0 spiro atoms. The summed E-state index contributed by atoms with van der Waals surface area (Å²) in [6, 6.07) is 6.68. The molecule has 0 unspecified atom stereocenters. The van der Waals surface area contributed by atoms with Crippen LogP contribution in [-0.4, -0.2) is 27.5 Å². The number of fused-ring (bicyclic) bond motifs is 1. The van der Waals surface area contributed by atoms with Crippen LogP contribution < -0.4 is 10.2 Å². The van der Waals surface area contributed by atoms with E-state index in [4.69, 9.17) is 0 Å². The number of benzene rings is 1. The van der Waals surface area contributed by atoms with E-state index in [1.807, 2.05) is 36.6 Å². The molecule has 0 aliphatic heterocycles. The molecule has 1 amide bonds. The molecule has 7 heteroatoms. The summed E-state index contributed by atoms with van der Waals surface area (Å²) in [5, 5.41) is 2.93. The van der Waals surface area contributed by atoms with Crippen LogP contribution in [0.15, 0.2) is 30.6 Å². The van der Waals surface area contributed by atoms with E-state index < -0.39 is 0 Å². The first-order valence-electron chi connectivity index (χ1n) is 9.13. The van der Waals surface area contributed by atoms with Crippen LogP contribution in [0.1, 0.15) is 25.3 Å². The molecule has 1 saturated carbocycles. The lowest BCUT2D eigenvalue weighted by molar-refractivity contribution is -0.117. The summed E-state index contributed by atoms with van der Waals surface area (Å²) in [5.74, 6) is 0.947. The highest BCUT2D eigenvalue weighted by Crippen LogP contribution is 2.33. The number of pyridine rings is 1. The summed E-state index contributed by atoms with van der Waals surface area (Å²) in [6.07, 6.45) is 4.26. The van der Waals surface area contributed by atoms with Gasteiger partial charge in [-0.05, 0) is 43.0 Å². The summed E-state index contributed by atoms with van der Waals surface area (Å²) in [7, 11) is 3.80. The largest absolute Gasteiger partial charge is 0.334 e. The van der Waals surface area contributed by atoms with Gasteiger partial charge >= 0.3 is 0 Å². The van der Waals surface area contributed by atoms with Crippen molar-refractivity contribution in [2.45, 2.75) is 26.2 Å². The van der Waals surface area contributed by atoms with Crippen LogP contribution in [-0.2, 0) is 18.3 Å². The summed E-state index contributed by atoms with van der Waals surface area (Å²) in [6.45, 7) is 1.99. The van der Waals surface area contributed by atoms with Crippen LogP contribution in [0, 0.1) is 11.7 Å². The van der Waals surface area contributed by atoms with E-state index in [-0.39, 0.29) is 17.6 Å². The minimum absolute atomic E-state index is 0.00899. The predicted molar refractivity (Wildman–Crippen MR) is 104 cm³/mol. The second-order valence-corrected chi connectivity index (χ2v) is 7.00. The highest BCUT2D eigenvalue weighted by molar-refractivity contribution is 6.00. The molecule has 3 aromatic rings. The van der Waals surface area contributed by atoms with Gasteiger partial charge < -0.3 is 14.8 Å². The number of imidazole rings is 1. The Bertz CT molecular complexity index is 1020. The van der Waals surface area contributed by atoms with Gasteiger partial charge in [0.2, 0.25) is 5.91 Å². The molecule has 2 heterocycles. The first kappa shape index (κ1) is 17.5. The maximum atomic E-state index is 13.6. The van der Waals surface area contributed by atoms with Crippen LogP contribution in [0.25, 0.3) is 11.0 Å². The maximum Gasteiger partial charge on any atom is 0.228 e. The molecule has 1 aliphatic rings. The molecule has 27 heavy (non-hydrogen) atoms. The Kier molecular flexibility index (Phi) is 4.30. The number of carbonyl (C=O) groups excluding carboxylic acids is 1. The smallest absolute Gasteiger partial charge is 0.228 e. The topological polar surface area (TPSA) is 63.1 Å². The molecule has 6 nitrogen and oxygen atoms in total. The summed E-state index contributed by atoms with van der Waals surface area (Å²) >= 11 is 0. The van der Waals surface area contributed by atoms with Crippen molar-refractivity contribution < 1.29 is 9.18 Å². The lowest BCUT2D eigenvalue weighted by Crippen LogP contribution is -2.18. The highest BCUT2D eigenvalue weighted by atomic mass is 19.1. The molecule has 1 fully saturated rings. The molecule has 140 valence electrons. The highest BCUT2D eigenvalue weighted by Gasteiger charge is 2.30. The van der Waals surface area contributed by atoms with Crippen molar-refractivity contribution in [3.8, 4) is 0 Å². The van der Waals surface area contributed by atoms with Crippen LogP contribution in [0.3, 0.4) is 0 Å².